The second kappa shape index (κ2) is 11.4. The quantitative estimate of drug-likeness (QED) is 0.261. The molecule has 0 aliphatic rings. The smallest absolute Gasteiger partial charge is 0.410 e. The lowest BCUT2D eigenvalue weighted by Gasteiger charge is -2.24. The highest BCUT2D eigenvalue weighted by Crippen LogP contribution is 2.34. The van der Waals surface area contributed by atoms with Gasteiger partial charge in [0.15, 0.2) is 11.5 Å². The maximum Gasteiger partial charge on any atom is 0.410 e. The number of anilines is 2. The van der Waals surface area contributed by atoms with Gasteiger partial charge in [-0.3, -0.25) is 14.5 Å². The third-order valence-corrected chi connectivity index (χ3v) is 6.78. The van der Waals surface area contributed by atoms with Gasteiger partial charge in [0.1, 0.15) is 23.6 Å². The number of amides is 2. The zero-order chi connectivity index (χ0) is 31.8. The Hall–Kier alpha value is -5.25. The van der Waals surface area contributed by atoms with Gasteiger partial charge in [0.05, 0.1) is 47.4 Å². The molecule has 15 nitrogen and oxygen atoms in total. The van der Waals surface area contributed by atoms with E-state index in [4.69, 9.17) is 9.47 Å². The fourth-order valence-corrected chi connectivity index (χ4v) is 4.92. The van der Waals surface area contributed by atoms with Gasteiger partial charge in [0, 0.05) is 31.7 Å². The number of hydrogen-bond donors (Lipinski definition) is 2. The predicted molar refractivity (Wildman–Crippen MR) is 163 cm³/mol. The number of benzene rings is 1. The van der Waals surface area contributed by atoms with Crippen molar-refractivity contribution in [1.82, 2.24) is 34.3 Å². The van der Waals surface area contributed by atoms with Crippen LogP contribution in [0.15, 0.2) is 55.1 Å². The minimum Gasteiger partial charge on any atom is -0.494 e. The van der Waals surface area contributed by atoms with E-state index in [2.05, 4.69) is 30.2 Å². The second-order valence-electron chi connectivity index (χ2n) is 10.9. The molecular formula is C28H31N9O6S. The lowest BCUT2D eigenvalue weighted by atomic mass is 10.2. The average molecular weight is 622 g/mol. The molecule has 4 heterocycles. The van der Waals surface area contributed by atoms with Crippen molar-refractivity contribution in [2.24, 2.45) is 0 Å². The molecule has 0 unspecified atom stereocenters. The summed E-state index contributed by atoms with van der Waals surface area (Å²) in [5.41, 5.74) is 2.39. The van der Waals surface area contributed by atoms with Crippen molar-refractivity contribution < 1.29 is 27.5 Å². The minimum absolute atomic E-state index is 0.181. The van der Waals surface area contributed by atoms with E-state index < -0.39 is 27.6 Å². The van der Waals surface area contributed by atoms with Crippen molar-refractivity contribution in [3.63, 3.8) is 0 Å². The van der Waals surface area contributed by atoms with Crippen LogP contribution < -0.4 is 14.8 Å². The van der Waals surface area contributed by atoms with Crippen LogP contribution in [0.25, 0.3) is 33.5 Å². The van der Waals surface area contributed by atoms with Crippen molar-refractivity contribution in [2.75, 3.05) is 37.0 Å². The van der Waals surface area contributed by atoms with Crippen molar-refractivity contribution in [3.8, 4) is 22.7 Å². The van der Waals surface area contributed by atoms with E-state index in [1.165, 1.54) is 20.2 Å². The van der Waals surface area contributed by atoms with E-state index in [0.717, 1.165) is 11.2 Å². The minimum atomic E-state index is -3.53. The largest absolute Gasteiger partial charge is 0.494 e. The summed E-state index contributed by atoms with van der Waals surface area (Å²) in [5.74, 6) is -0.0258. The summed E-state index contributed by atoms with van der Waals surface area (Å²) in [6, 6.07) is 8.27. The number of sulfonamides is 1. The maximum absolute atomic E-state index is 13.0. The first-order valence-corrected chi connectivity index (χ1v) is 15.2. The van der Waals surface area contributed by atoms with Crippen LogP contribution in [-0.2, 0) is 19.6 Å². The number of rotatable bonds is 8. The number of likely N-dealkylation sites (N-methyl/N-ethyl adjacent to an activating group) is 1. The van der Waals surface area contributed by atoms with E-state index in [9.17, 15) is 18.0 Å². The highest BCUT2D eigenvalue weighted by molar-refractivity contribution is 7.92. The summed E-state index contributed by atoms with van der Waals surface area (Å²) >= 11 is 0. The number of carbonyl (C=O) groups excluding carboxylic acids is 2. The van der Waals surface area contributed by atoms with Crippen LogP contribution in [0, 0.1) is 0 Å². The molecule has 0 aliphatic heterocycles. The van der Waals surface area contributed by atoms with Crippen LogP contribution in [0.3, 0.4) is 0 Å². The number of aromatic nitrogens is 6. The van der Waals surface area contributed by atoms with E-state index in [-0.39, 0.29) is 12.4 Å². The van der Waals surface area contributed by atoms with Gasteiger partial charge < -0.3 is 19.7 Å². The van der Waals surface area contributed by atoms with Crippen LogP contribution in [-0.4, -0.2) is 87.2 Å². The first kappa shape index (κ1) is 30.2. The molecule has 230 valence electrons. The second-order valence-corrected chi connectivity index (χ2v) is 12.7. The monoisotopic (exact) mass is 621 g/mol. The number of nitrogens with one attached hydrogen (secondary N) is 2. The third-order valence-electron chi connectivity index (χ3n) is 6.18. The molecular weight excluding hydrogens is 590 g/mol. The molecule has 0 aliphatic carbocycles. The fraction of sp³-hybridized carbons (Fsp3) is 0.286. The summed E-state index contributed by atoms with van der Waals surface area (Å²) in [5, 5.41) is 12.3. The third kappa shape index (κ3) is 6.54. The summed E-state index contributed by atoms with van der Waals surface area (Å²) in [6.45, 7) is 4.91. The Labute approximate surface area is 252 Å². The van der Waals surface area contributed by atoms with E-state index in [0.29, 0.717) is 44.9 Å². The molecule has 0 atom stereocenters. The Morgan fingerprint density at radius 1 is 1.11 bits per heavy atom. The van der Waals surface area contributed by atoms with Crippen LogP contribution in [0.4, 0.5) is 16.3 Å². The lowest BCUT2D eigenvalue weighted by Crippen LogP contribution is -2.38. The van der Waals surface area contributed by atoms with E-state index >= 15 is 0 Å². The Morgan fingerprint density at radius 3 is 2.59 bits per heavy atom. The molecule has 0 saturated carbocycles. The molecule has 2 amide bonds. The standard InChI is InChI=1S/C28H31N9O6S/c1-28(2,3)43-27(39)35(4)16-24(38)32-25-19-14-30-20(18-15-31-36-11-7-10-29-26(18)36)13-22(19)37(33-25)21-9-8-17(12-23(21)42-5)34-44(6,40)41/h7-15,34H,16H2,1-6H3,(H,32,33,38). The molecule has 5 aromatic rings. The summed E-state index contributed by atoms with van der Waals surface area (Å²) in [6.07, 6.45) is 7.05. The molecule has 2 N–H and O–H groups in total. The van der Waals surface area contributed by atoms with Gasteiger partial charge in [-0.2, -0.15) is 5.10 Å². The Morgan fingerprint density at radius 2 is 1.89 bits per heavy atom. The molecule has 5 rings (SSSR count). The first-order chi connectivity index (χ1) is 20.7. The number of carbonyl (C=O) groups is 2. The van der Waals surface area contributed by atoms with E-state index in [1.807, 2.05) is 0 Å². The van der Waals surface area contributed by atoms with Crippen molar-refractivity contribution in [2.45, 2.75) is 26.4 Å². The number of fused-ring (bicyclic) bond motifs is 2. The van der Waals surface area contributed by atoms with Gasteiger partial charge in [0.2, 0.25) is 15.9 Å². The van der Waals surface area contributed by atoms with Crippen molar-refractivity contribution >= 4 is 50.1 Å². The molecule has 1 aromatic carbocycles. The SMILES string of the molecule is COc1cc(NS(C)(=O)=O)ccc1-n1nc(NC(=O)CN(C)C(=O)OC(C)(C)C)c2cnc(-c3cnn4cccnc34)cc21. The van der Waals surface area contributed by atoms with Gasteiger partial charge in [-0.1, -0.05) is 0 Å². The molecule has 0 saturated heterocycles. The Kier molecular flexibility index (Phi) is 7.86. The number of hydrogen-bond acceptors (Lipinski definition) is 10. The van der Waals surface area contributed by atoms with Crippen molar-refractivity contribution in [1.29, 1.82) is 0 Å². The molecule has 16 heteroatoms. The van der Waals surface area contributed by atoms with Crippen LogP contribution >= 0.6 is 0 Å². The Balaban J connectivity index is 1.58. The van der Waals surface area contributed by atoms with Gasteiger partial charge >= 0.3 is 6.09 Å². The molecule has 44 heavy (non-hydrogen) atoms. The molecule has 0 radical (unpaired) electrons. The zero-order valence-corrected chi connectivity index (χ0v) is 25.7. The fourth-order valence-electron chi connectivity index (χ4n) is 4.36. The zero-order valence-electron chi connectivity index (χ0n) is 24.9. The molecule has 0 bridgehead atoms. The van der Waals surface area contributed by atoms with Gasteiger partial charge in [0.25, 0.3) is 0 Å². The topological polar surface area (TPSA) is 175 Å². The number of ether oxygens (including phenoxy) is 2. The van der Waals surface area contributed by atoms with Crippen molar-refractivity contribution in [3.05, 3.63) is 55.1 Å². The predicted octanol–water partition coefficient (Wildman–Crippen LogP) is 3.32. The average Bonchev–Trinajstić information content (AvgIpc) is 3.52. The summed E-state index contributed by atoms with van der Waals surface area (Å²) < 4.78 is 40.1. The summed E-state index contributed by atoms with van der Waals surface area (Å²) in [4.78, 5) is 35.6. The molecule has 4 aromatic heterocycles. The number of pyridine rings is 1. The van der Waals surface area contributed by atoms with Gasteiger partial charge in [-0.25, -0.2) is 27.4 Å². The Bertz CT molecular complexity index is 2000. The summed E-state index contributed by atoms with van der Waals surface area (Å²) in [7, 11) is -0.630. The maximum atomic E-state index is 13.0. The molecule has 0 spiro atoms. The van der Waals surface area contributed by atoms with E-state index in [1.54, 1.807) is 79.0 Å². The number of nitrogens with zero attached hydrogens (tertiary/aromatic N) is 7. The number of methoxy groups -OCH3 is 1. The van der Waals surface area contributed by atoms with Crippen LogP contribution in [0.1, 0.15) is 20.8 Å². The lowest BCUT2D eigenvalue weighted by molar-refractivity contribution is -0.117. The van der Waals surface area contributed by atoms with Gasteiger partial charge in [-0.05, 0) is 45.0 Å². The first-order valence-electron chi connectivity index (χ1n) is 13.3. The van der Waals surface area contributed by atoms with Crippen LogP contribution in [0.5, 0.6) is 5.75 Å². The van der Waals surface area contributed by atoms with Crippen LogP contribution in [0.2, 0.25) is 0 Å². The highest BCUT2D eigenvalue weighted by Gasteiger charge is 2.23. The highest BCUT2D eigenvalue weighted by atomic mass is 32.2. The molecule has 0 fully saturated rings. The van der Waals surface area contributed by atoms with Gasteiger partial charge in [-0.15, -0.1) is 5.10 Å². The normalized spacial score (nSPS) is 11.9.